The molecule has 1 fully saturated rings. The first-order chi connectivity index (χ1) is 15.9. The van der Waals surface area contributed by atoms with Gasteiger partial charge in [-0.1, -0.05) is 47.8 Å². The molecule has 0 aromatic heterocycles. The Kier molecular flexibility index (Phi) is 8.77. The molecule has 3 rings (SSSR count). The standard InChI is InChI=1S/C25H26BrNO6/c1-2-3-4-13-32-24(30)18-7-11-21(12-8-18)27-15-19(14-23(27)29)25(31)33-16-22(28)17-5-9-20(26)10-6-17/h5-12,19H,2-4,13-16H2,1H3/t19-/m1/s1. The summed E-state index contributed by atoms with van der Waals surface area (Å²) >= 11 is 3.30. The number of ether oxygens (including phenoxy) is 2. The summed E-state index contributed by atoms with van der Waals surface area (Å²) in [5.41, 5.74) is 1.44. The van der Waals surface area contributed by atoms with E-state index in [1.807, 2.05) is 0 Å². The lowest BCUT2D eigenvalue weighted by atomic mass is 10.1. The van der Waals surface area contributed by atoms with Crippen LogP contribution < -0.4 is 4.90 Å². The number of nitrogens with zero attached hydrogens (tertiary/aromatic N) is 1. The van der Waals surface area contributed by atoms with Gasteiger partial charge >= 0.3 is 11.9 Å². The van der Waals surface area contributed by atoms with Gasteiger partial charge in [-0.3, -0.25) is 14.4 Å². The highest BCUT2D eigenvalue weighted by molar-refractivity contribution is 9.10. The van der Waals surface area contributed by atoms with Crippen LogP contribution in [0, 0.1) is 5.92 Å². The number of unbranched alkanes of at least 4 members (excludes halogenated alkanes) is 2. The van der Waals surface area contributed by atoms with Crippen LogP contribution in [0.3, 0.4) is 0 Å². The minimum Gasteiger partial charge on any atom is -0.462 e. The molecule has 0 radical (unpaired) electrons. The lowest BCUT2D eigenvalue weighted by Gasteiger charge is -2.17. The first kappa shape index (κ1) is 24.6. The Morgan fingerprint density at radius 2 is 1.64 bits per heavy atom. The molecule has 2 aromatic carbocycles. The van der Waals surface area contributed by atoms with Crippen molar-refractivity contribution in [1.82, 2.24) is 0 Å². The number of rotatable bonds is 10. The van der Waals surface area contributed by atoms with Crippen molar-refractivity contribution in [2.45, 2.75) is 32.6 Å². The fraction of sp³-hybridized carbons (Fsp3) is 0.360. The summed E-state index contributed by atoms with van der Waals surface area (Å²) in [6, 6.07) is 13.3. The molecular weight excluding hydrogens is 490 g/mol. The molecule has 0 N–H and O–H groups in total. The zero-order chi connectivity index (χ0) is 23.8. The number of Topliss-reactive ketones (excluding diaryl/α,β-unsaturated/α-hetero) is 1. The Morgan fingerprint density at radius 1 is 0.970 bits per heavy atom. The summed E-state index contributed by atoms with van der Waals surface area (Å²) in [6.07, 6.45) is 2.89. The van der Waals surface area contributed by atoms with Crippen molar-refractivity contribution in [1.29, 1.82) is 0 Å². The van der Waals surface area contributed by atoms with E-state index in [2.05, 4.69) is 22.9 Å². The van der Waals surface area contributed by atoms with Crippen LogP contribution in [0.25, 0.3) is 0 Å². The Hall–Kier alpha value is -3.00. The number of ketones is 1. The van der Waals surface area contributed by atoms with Crippen LogP contribution in [0.5, 0.6) is 0 Å². The highest BCUT2D eigenvalue weighted by Crippen LogP contribution is 2.26. The minimum absolute atomic E-state index is 0.00648. The molecule has 1 aliphatic rings. The fourth-order valence-electron chi connectivity index (χ4n) is 3.47. The van der Waals surface area contributed by atoms with Crippen LogP contribution in [0.15, 0.2) is 53.0 Å². The van der Waals surface area contributed by atoms with E-state index in [-0.39, 0.29) is 31.3 Å². The zero-order valence-corrected chi connectivity index (χ0v) is 20.0. The molecule has 1 heterocycles. The van der Waals surface area contributed by atoms with Gasteiger partial charge in [0.25, 0.3) is 0 Å². The smallest absolute Gasteiger partial charge is 0.338 e. The van der Waals surface area contributed by atoms with E-state index in [1.165, 1.54) is 4.90 Å². The molecule has 1 atom stereocenters. The number of amides is 1. The number of anilines is 1. The van der Waals surface area contributed by atoms with Gasteiger partial charge in [-0.15, -0.1) is 0 Å². The van der Waals surface area contributed by atoms with Crippen molar-refractivity contribution in [2.75, 3.05) is 24.7 Å². The van der Waals surface area contributed by atoms with Gasteiger partial charge < -0.3 is 14.4 Å². The molecule has 0 bridgehead atoms. The fourth-order valence-corrected chi connectivity index (χ4v) is 3.73. The van der Waals surface area contributed by atoms with Crippen molar-refractivity contribution < 1.29 is 28.7 Å². The lowest BCUT2D eigenvalue weighted by molar-refractivity contribution is -0.147. The maximum Gasteiger partial charge on any atom is 0.338 e. The number of benzene rings is 2. The van der Waals surface area contributed by atoms with Crippen molar-refractivity contribution >= 4 is 45.2 Å². The molecule has 1 saturated heterocycles. The molecule has 0 saturated carbocycles. The predicted molar refractivity (Wildman–Crippen MR) is 126 cm³/mol. The SMILES string of the molecule is CCCCCOC(=O)c1ccc(N2C[C@H](C(=O)OCC(=O)c3ccc(Br)cc3)CC2=O)cc1. The average Bonchev–Trinajstić information content (AvgIpc) is 3.22. The Labute approximate surface area is 201 Å². The molecule has 7 nitrogen and oxygen atoms in total. The van der Waals surface area contributed by atoms with E-state index in [0.29, 0.717) is 23.4 Å². The van der Waals surface area contributed by atoms with E-state index < -0.39 is 17.9 Å². The normalized spacial score (nSPS) is 15.4. The van der Waals surface area contributed by atoms with Gasteiger partial charge in [0.2, 0.25) is 5.91 Å². The highest BCUT2D eigenvalue weighted by atomic mass is 79.9. The van der Waals surface area contributed by atoms with Crippen molar-refractivity contribution in [2.24, 2.45) is 5.92 Å². The van der Waals surface area contributed by atoms with Gasteiger partial charge in [0.15, 0.2) is 12.4 Å². The lowest BCUT2D eigenvalue weighted by Crippen LogP contribution is -2.27. The second-order valence-electron chi connectivity index (χ2n) is 7.83. The average molecular weight is 516 g/mol. The van der Waals surface area contributed by atoms with E-state index in [9.17, 15) is 19.2 Å². The largest absolute Gasteiger partial charge is 0.462 e. The van der Waals surface area contributed by atoms with E-state index in [4.69, 9.17) is 9.47 Å². The third-order valence-corrected chi connectivity index (χ3v) is 5.89. The number of carbonyl (C=O) groups is 4. The highest BCUT2D eigenvalue weighted by Gasteiger charge is 2.36. The van der Waals surface area contributed by atoms with Crippen LogP contribution in [-0.4, -0.2) is 43.4 Å². The van der Waals surface area contributed by atoms with Gasteiger partial charge in [0.05, 0.1) is 18.1 Å². The summed E-state index contributed by atoms with van der Waals surface area (Å²) in [5, 5.41) is 0. The van der Waals surface area contributed by atoms with Gasteiger partial charge in [-0.2, -0.15) is 0 Å². The Morgan fingerprint density at radius 3 is 2.30 bits per heavy atom. The second kappa shape index (κ2) is 11.7. The topological polar surface area (TPSA) is 90.0 Å². The molecule has 0 spiro atoms. The van der Waals surface area contributed by atoms with Crippen LogP contribution in [0.4, 0.5) is 5.69 Å². The molecule has 0 unspecified atom stereocenters. The molecule has 1 amide bonds. The first-order valence-electron chi connectivity index (χ1n) is 10.9. The van der Waals surface area contributed by atoms with E-state index in [0.717, 1.165) is 23.7 Å². The van der Waals surface area contributed by atoms with Crippen LogP contribution in [0.2, 0.25) is 0 Å². The van der Waals surface area contributed by atoms with Crippen LogP contribution in [-0.2, 0) is 19.1 Å². The third-order valence-electron chi connectivity index (χ3n) is 5.37. The Balaban J connectivity index is 1.51. The summed E-state index contributed by atoms with van der Waals surface area (Å²) in [7, 11) is 0. The summed E-state index contributed by atoms with van der Waals surface area (Å²) in [5.74, 6) is -2.16. The van der Waals surface area contributed by atoms with Crippen molar-refractivity contribution in [3.05, 3.63) is 64.1 Å². The summed E-state index contributed by atoms with van der Waals surface area (Å²) in [4.78, 5) is 50.7. The second-order valence-corrected chi connectivity index (χ2v) is 8.75. The zero-order valence-electron chi connectivity index (χ0n) is 18.4. The number of hydrogen-bond donors (Lipinski definition) is 0. The van der Waals surface area contributed by atoms with Gasteiger partial charge in [0, 0.05) is 28.7 Å². The van der Waals surface area contributed by atoms with Crippen LogP contribution in [0.1, 0.15) is 53.3 Å². The number of halogens is 1. The summed E-state index contributed by atoms with van der Waals surface area (Å²) in [6.45, 7) is 2.24. The predicted octanol–water partition coefficient (Wildman–Crippen LogP) is 4.58. The summed E-state index contributed by atoms with van der Waals surface area (Å²) < 4.78 is 11.3. The van der Waals surface area contributed by atoms with E-state index >= 15 is 0 Å². The molecule has 1 aliphatic heterocycles. The molecule has 174 valence electrons. The van der Waals surface area contributed by atoms with E-state index in [1.54, 1.807) is 48.5 Å². The number of carbonyl (C=O) groups excluding carboxylic acids is 4. The van der Waals surface area contributed by atoms with Crippen molar-refractivity contribution in [3.8, 4) is 0 Å². The number of esters is 2. The van der Waals surface area contributed by atoms with Gasteiger partial charge in [-0.25, -0.2) is 4.79 Å². The molecule has 2 aromatic rings. The number of hydrogen-bond acceptors (Lipinski definition) is 6. The maximum absolute atomic E-state index is 12.5. The monoisotopic (exact) mass is 515 g/mol. The van der Waals surface area contributed by atoms with Crippen molar-refractivity contribution in [3.63, 3.8) is 0 Å². The molecule has 33 heavy (non-hydrogen) atoms. The Bertz CT molecular complexity index is 1000. The minimum atomic E-state index is -0.654. The maximum atomic E-state index is 12.5. The van der Waals surface area contributed by atoms with Crippen LogP contribution >= 0.6 is 15.9 Å². The quantitative estimate of drug-likeness (QED) is 0.261. The van der Waals surface area contributed by atoms with Gasteiger partial charge in [0.1, 0.15) is 0 Å². The third kappa shape index (κ3) is 6.74. The molecule has 0 aliphatic carbocycles. The first-order valence-corrected chi connectivity index (χ1v) is 11.7. The molecular formula is C25H26BrNO6. The molecule has 8 heteroatoms. The van der Waals surface area contributed by atoms with Gasteiger partial charge in [-0.05, 0) is 42.8 Å².